The van der Waals surface area contributed by atoms with Gasteiger partial charge in [-0.25, -0.2) is 0 Å². The molecule has 1 aromatic heterocycles. The van der Waals surface area contributed by atoms with Crippen LogP contribution in [0.1, 0.15) is 12.5 Å². The number of thiazole rings is 1. The van der Waals surface area contributed by atoms with Gasteiger partial charge in [-0.1, -0.05) is 29.0 Å². The van der Waals surface area contributed by atoms with E-state index in [0.717, 1.165) is 15.8 Å². The molecule has 26 heavy (non-hydrogen) atoms. The molecular weight excluding hydrogens is 372 g/mol. The molecule has 3 rings (SSSR count). The van der Waals surface area contributed by atoms with E-state index in [1.54, 1.807) is 38.5 Å². The summed E-state index contributed by atoms with van der Waals surface area (Å²) in [5.74, 6) is 1.19. The maximum atomic E-state index is 12.7. The lowest BCUT2D eigenvalue weighted by Gasteiger charge is -2.08. The first kappa shape index (κ1) is 18.5. The van der Waals surface area contributed by atoms with Crippen LogP contribution in [0, 0.1) is 6.92 Å². The van der Waals surface area contributed by atoms with Gasteiger partial charge in [-0.15, -0.1) is 4.40 Å². The molecule has 0 aliphatic heterocycles. The van der Waals surface area contributed by atoms with Crippen molar-refractivity contribution in [3.8, 4) is 11.5 Å². The van der Waals surface area contributed by atoms with Crippen molar-refractivity contribution in [3.05, 3.63) is 46.8 Å². The summed E-state index contributed by atoms with van der Waals surface area (Å²) in [4.78, 5) is 0.594. The Morgan fingerprint density at radius 3 is 2.27 bits per heavy atom. The Hall–Kier alpha value is -2.32. The number of hydrogen-bond acceptors (Lipinski definition) is 5. The molecule has 0 unspecified atom stereocenters. The van der Waals surface area contributed by atoms with Crippen molar-refractivity contribution in [3.63, 3.8) is 0 Å². The highest BCUT2D eigenvalue weighted by Crippen LogP contribution is 2.33. The summed E-state index contributed by atoms with van der Waals surface area (Å²) in [5.41, 5.74) is 1.85. The second-order valence-corrected chi connectivity index (χ2v) is 8.30. The fraction of sp³-hybridized carbons (Fsp3) is 0.278. The predicted octanol–water partition coefficient (Wildman–Crippen LogP) is 3.34. The summed E-state index contributed by atoms with van der Waals surface area (Å²) in [5, 5.41) is 0. The van der Waals surface area contributed by atoms with Gasteiger partial charge < -0.3 is 14.0 Å². The fourth-order valence-corrected chi connectivity index (χ4v) is 4.95. The summed E-state index contributed by atoms with van der Waals surface area (Å²) in [7, 11) is -0.653. The molecule has 138 valence electrons. The third-order valence-electron chi connectivity index (χ3n) is 4.02. The van der Waals surface area contributed by atoms with E-state index in [1.807, 2.05) is 30.5 Å². The second-order valence-electron chi connectivity index (χ2n) is 5.68. The van der Waals surface area contributed by atoms with Crippen molar-refractivity contribution < 1.29 is 17.9 Å². The molecular formula is C18H20N2O4S2. The van der Waals surface area contributed by atoms with E-state index in [0.29, 0.717) is 22.8 Å². The molecule has 0 radical (unpaired) electrons. The average molecular weight is 393 g/mol. The first-order valence-corrected chi connectivity index (χ1v) is 10.3. The number of aromatic nitrogens is 1. The highest BCUT2D eigenvalue weighted by atomic mass is 32.2. The molecule has 3 aromatic rings. The van der Waals surface area contributed by atoms with Crippen LogP contribution in [0.5, 0.6) is 11.5 Å². The van der Waals surface area contributed by atoms with Crippen molar-refractivity contribution >= 4 is 31.6 Å². The molecule has 2 aromatic carbocycles. The molecule has 0 bridgehead atoms. The Balaban J connectivity index is 2.23. The number of ether oxygens (including phenoxy) is 2. The molecule has 0 spiro atoms. The Kier molecular flexibility index (Phi) is 5.06. The van der Waals surface area contributed by atoms with Gasteiger partial charge in [-0.2, -0.15) is 8.42 Å². The van der Waals surface area contributed by atoms with E-state index in [4.69, 9.17) is 9.47 Å². The minimum Gasteiger partial charge on any atom is -0.493 e. The number of sulfonamides is 1. The van der Waals surface area contributed by atoms with Crippen molar-refractivity contribution in [2.24, 2.45) is 4.40 Å². The number of rotatable bonds is 5. The number of hydrogen-bond donors (Lipinski definition) is 0. The van der Waals surface area contributed by atoms with Gasteiger partial charge in [-0.05, 0) is 26.0 Å². The van der Waals surface area contributed by atoms with E-state index in [2.05, 4.69) is 4.40 Å². The van der Waals surface area contributed by atoms with Crippen molar-refractivity contribution in [2.75, 3.05) is 14.2 Å². The smallest absolute Gasteiger partial charge is 0.285 e. The molecule has 8 heteroatoms. The maximum absolute atomic E-state index is 12.7. The molecule has 0 N–H and O–H groups in total. The monoisotopic (exact) mass is 392 g/mol. The largest absolute Gasteiger partial charge is 0.493 e. The van der Waals surface area contributed by atoms with E-state index in [9.17, 15) is 8.42 Å². The van der Waals surface area contributed by atoms with E-state index in [-0.39, 0.29) is 4.90 Å². The lowest BCUT2D eigenvalue weighted by atomic mass is 10.2. The minimum atomic E-state index is -3.79. The topological polar surface area (TPSA) is 69.9 Å². The Bertz CT molecular complexity index is 1110. The number of nitrogens with zero attached hydrogens (tertiary/aromatic N) is 2. The Morgan fingerprint density at radius 2 is 1.69 bits per heavy atom. The summed E-state index contributed by atoms with van der Waals surface area (Å²) < 4.78 is 42.9. The lowest BCUT2D eigenvalue weighted by molar-refractivity contribution is 0.355. The first-order valence-electron chi connectivity index (χ1n) is 8.02. The lowest BCUT2D eigenvalue weighted by Crippen LogP contribution is -2.16. The summed E-state index contributed by atoms with van der Waals surface area (Å²) in [6, 6.07) is 10.3. The van der Waals surface area contributed by atoms with Gasteiger partial charge in [0.15, 0.2) is 11.5 Å². The molecule has 0 aliphatic rings. The van der Waals surface area contributed by atoms with Crippen LogP contribution in [0.25, 0.3) is 10.2 Å². The van der Waals surface area contributed by atoms with Gasteiger partial charge in [0.1, 0.15) is 0 Å². The van der Waals surface area contributed by atoms with E-state index in [1.165, 1.54) is 11.3 Å². The van der Waals surface area contributed by atoms with Gasteiger partial charge in [0.2, 0.25) is 4.80 Å². The van der Waals surface area contributed by atoms with Crippen LogP contribution in [0.3, 0.4) is 0 Å². The Morgan fingerprint density at radius 1 is 1.08 bits per heavy atom. The number of methoxy groups -OCH3 is 2. The average Bonchev–Trinajstić information content (AvgIpc) is 2.95. The van der Waals surface area contributed by atoms with Gasteiger partial charge in [0, 0.05) is 18.7 Å². The van der Waals surface area contributed by atoms with Crippen molar-refractivity contribution in [2.45, 2.75) is 25.3 Å². The maximum Gasteiger partial charge on any atom is 0.285 e. The van der Waals surface area contributed by atoms with Crippen LogP contribution in [0.4, 0.5) is 0 Å². The molecule has 1 heterocycles. The third kappa shape index (κ3) is 3.34. The molecule has 0 saturated heterocycles. The van der Waals surface area contributed by atoms with Crippen molar-refractivity contribution in [1.29, 1.82) is 0 Å². The Labute approximate surface area is 156 Å². The van der Waals surface area contributed by atoms with Crippen LogP contribution in [-0.4, -0.2) is 27.2 Å². The van der Waals surface area contributed by atoms with Gasteiger partial charge in [-0.3, -0.25) is 0 Å². The molecule has 0 saturated carbocycles. The fourth-order valence-electron chi connectivity index (χ4n) is 2.64. The highest BCUT2D eigenvalue weighted by Gasteiger charge is 2.16. The molecule has 6 nitrogen and oxygen atoms in total. The van der Waals surface area contributed by atoms with Crippen LogP contribution in [0.15, 0.2) is 45.7 Å². The normalized spacial score (nSPS) is 12.5. The molecule has 0 amide bonds. The zero-order valence-corrected chi connectivity index (χ0v) is 16.6. The quantitative estimate of drug-likeness (QED) is 0.668. The van der Waals surface area contributed by atoms with Gasteiger partial charge in [0.25, 0.3) is 10.0 Å². The first-order chi connectivity index (χ1) is 12.4. The van der Waals surface area contributed by atoms with E-state index < -0.39 is 10.0 Å². The SMILES string of the molecule is CCn1c(=NS(=O)(=O)c2ccc(C)cc2)sc2cc(OC)c(OC)cc21. The van der Waals surface area contributed by atoms with Gasteiger partial charge in [0.05, 0.1) is 29.3 Å². The van der Waals surface area contributed by atoms with Crippen LogP contribution in [0.2, 0.25) is 0 Å². The van der Waals surface area contributed by atoms with Crippen LogP contribution in [-0.2, 0) is 16.6 Å². The number of benzene rings is 2. The predicted molar refractivity (Wildman–Crippen MR) is 103 cm³/mol. The molecule has 0 aliphatic carbocycles. The van der Waals surface area contributed by atoms with Gasteiger partial charge >= 0.3 is 0 Å². The zero-order chi connectivity index (χ0) is 18.9. The molecule has 0 fully saturated rings. The molecule has 0 atom stereocenters. The van der Waals surface area contributed by atoms with Crippen LogP contribution < -0.4 is 14.3 Å². The van der Waals surface area contributed by atoms with E-state index >= 15 is 0 Å². The standard InChI is InChI=1S/C18H20N2O4S2/c1-5-20-14-10-15(23-3)16(24-4)11-17(14)25-18(20)19-26(21,22)13-8-6-12(2)7-9-13/h6-11H,5H2,1-4H3. The van der Waals surface area contributed by atoms with Crippen molar-refractivity contribution in [1.82, 2.24) is 4.57 Å². The highest BCUT2D eigenvalue weighted by molar-refractivity contribution is 7.90. The number of fused-ring (bicyclic) bond motifs is 1. The number of aryl methyl sites for hydroxylation is 2. The summed E-state index contributed by atoms with van der Waals surface area (Å²) >= 11 is 1.30. The summed E-state index contributed by atoms with van der Waals surface area (Å²) in [6.07, 6.45) is 0. The third-order valence-corrected chi connectivity index (χ3v) is 6.46. The minimum absolute atomic E-state index is 0.179. The second kappa shape index (κ2) is 7.13. The zero-order valence-electron chi connectivity index (χ0n) is 15.0. The summed E-state index contributed by atoms with van der Waals surface area (Å²) in [6.45, 7) is 4.43. The van der Waals surface area contributed by atoms with Crippen LogP contribution >= 0.6 is 11.3 Å².